The molecule has 74 valence electrons. The molecular formula is C12H14ClN. The summed E-state index contributed by atoms with van der Waals surface area (Å²) in [4.78, 5) is 4.40. The maximum Gasteiger partial charge on any atom is 0.0481 e. The molecule has 0 bridgehead atoms. The smallest absolute Gasteiger partial charge is 0.0481 e. The number of benzene rings is 1. The molecule has 0 amide bonds. The van der Waals surface area contributed by atoms with Crippen LogP contribution >= 0.6 is 12.4 Å². The zero-order valence-electron chi connectivity index (χ0n) is 8.23. The molecule has 14 heavy (non-hydrogen) atoms. The first kappa shape index (κ1) is 11.0. The van der Waals surface area contributed by atoms with Crippen LogP contribution in [0.3, 0.4) is 0 Å². The topological polar surface area (TPSA) is 12.9 Å². The molecule has 0 unspecified atom stereocenters. The number of aryl methyl sites for hydroxylation is 1. The van der Waals surface area contributed by atoms with Crippen LogP contribution in [0.4, 0.5) is 0 Å². The van der Waals surface area contributed by atoms with Crippen LogP contribution in [-0.2, 0) is 6.42 Å². The van der Waals surface area contributed by atoms with Crippen molar-refractivity contribution in [1.29, 1.82) is 0 Å². The number of aromatic nitrogens is 1. The van der Waals surface area contributed by atoms with E-state index in [9.17, 15) is 0 Å². The van der Waals surface area contributed by atoms with Crippen molar-refractivity contribution in [3.05, 3.63) is 42.2 Å². The van der Waals surface area contributed by atoms with E-state index in [1.54, 1.807) is 0 Å². The second kappa shape index (κ2) is 4.97. The summed E-state index contributed by atoms with van der Waals surface area (Å²) in [6.07, 6.45) is 4.12. The van der Waals surface area contributed by atoms with Crippen molar-refractivity contribution in [1.82, 2.24) is 4.98 Å². The van der Waals surface area contributed by atoms with Crippen LogP contribution in [0.25, 0.3) is 10.8 Å². The van der Waals surface area contributed by atoms with Crippen LogP contribution < -0.4 is 0 Å². The molecule has 0 spiro atoms. The third-order valence-corrected chi connectivity index (χ3v) is 2.24. The lowest BCUT2D eigenvalue weighted by molar-refractivity contribution is 0.893. The summed E-state index contributed by atoms with van der Waals surface area (Å²) in [5, 5.41) is 2.59. The van der Waals surface area contributed by atoms with Crippen molar-refractivity contribution >= 4 is 23.2 Å². The van der Waals surface area contributed by atoms with E-state index in [-0.39, 0.29) is 12.4 Å². The number of nitrogens with zero attached hydrogens (tertiary/aromatic N) is 1. The molecule has 0 N–H and O–H groups in total. The van der Waals surface area contributed by atoms with Gasteiger partial charge in [0, 0.05) is 17.3 Å². The van der Waals surface area contributed by atoms with Gasteiger partial charge in [-0.3, -0.25) is 4.98 Å². The Kier molecular flexibility index (Phi) is 3.90. The van der Waals surface area contributed by atoms with Crippen LogP contribution in [0.15, 0.2) is 36.5 Å². The van der Waals surface area contributed by atoms with E-state index in [0.717, 1.165) is 12.8 Å². The standard InChI is InChI=1S/C12H13N.ClH/c1-2-5-12-11-7-4-3-6-10(11)8-9-13-12;/h3-4,6-9H,2,5H2,1H3;1H. The van der Waals surface area contributed by atoms with E-state index in [4.69, 9.17) is 0 Å². The van der Waals surface area contributed by atoms with Gasteiger partial charge in [-0.2, -0.15) is 0 Å². The number of halogens is 1. The summed E-state index contributed by atoms with van der Waals surface area (Å²) in [5.41, 5.74) is 1.22. The van der Waals surface area contributed by atoms with Gasteiger partial charge in [0.2, 0.25) is 0 Å². The lowest BCUT2D eigenvalue weighted by Crippen LogP contribution is -1.89. The summed E-state index contributed by atoms with van der Waals surface area (Å²) in [7, 11) is 0. The van der Waals surface area contributed by atoms with Gasteiger partial charge in [0.1, 0.15) is 0 Å². The van der Waals surface area contributed by atoms with E-state index in [1.807, 2.05) is 6.20 Å². The molecule has 0 saturated heterocycles. The highest BCUT2D eigenvalue weighted by Gasteiger charge is 1.98. The summed E-state index contributed by atoms with van der Waals surface area (Å²) >= 11 is 0. The van der Waals surface area contributed by atoms with Crippen LogP contribution in [0.1, 0.15) is 19.0 Å². The Balaban J connectivity index is 0.000000980. The number of rotatable bonds is 2. The first-order valence-corrected chi connectivity index (χ1v) is 4.74. The molecule has 2 aromatic rings. The van der Waals surface area contributed by atoms with Crippen LogP contribution in [0, 0.1) is 0 Å². The van der Waals surface area contributed by atoms with Crippen molar-refractivity contribution in [3.8, 4) is 0 Å². The summed E-state index contributed by atoms with van der Waals surface area (Å²) in [6.45, 7) is 2.18. The van der Waals surface area contributed by atoms with E-state index < -0.39 is 0 Å². The monoisotopic (exact) mass is 207 g/mol. The molecule has 0 atom stereocenters. The molecule has 0 aliphatic carbocycles. The summed E-state index contributed by atoms with van der Waals surface area (Å²) < 4.78 is 0. The molecule has 1 aromatic heterocycles. The third kappa shape index (κ3) is 2.05. The first-order chi connectivity index (χ1) is 6.42. The van der Waals surface area contributed by atoms with E-state index in [0.29, 0.717) is 0 Å². The minimum atomic E-state index is 0. The quantitative estimate of drug-likeness (QED) is 0.733. The number of fused-ring (bicyclic) bond motifs is 1. The lowest BCUT2D eigenvalue weighted by Gasteiger charge is -2.02. The van der Waals surface area contributed by atoms with Crippen LogP contribution in [0.2, 0.25) is 0 Å². The van der Waals surface area contributed by atoms with Gasteiger partial charge >= 0.3 is 0 Å². The zero-order valence-corrected chi connectivity index (χ0v) is 9.05. The lowest BCUT2D eigenvalue weighted by atomic mass is 10.1. The first-order valence-electron chi connectivity index (χ1n) is 4.74. The molecule has 0 aliphatic heterocycles. The van der Waals surface area contributed by atoms with Gasteiger partial charge in [-0.1, -0.05) is 37.6 Å². The van der Waals surface area contributed by atoms with Gasteiger partial charge in [0.25, 0.3) is 0 Å². The van der Waals surface area contributed by atoms with Crippen molar-refractivity contribution in [2.45, 2.75) is 19.8 Å². The molecule has 1 aromatic carbocycles. The molecule has 0 radical (unpaired) electrons. The average Bonchev–Trinajstić information content (AvgIpc) is 2.19. The highest BCUT2D eigenvalue weighted by Crippen LogP contribution is 2.16. The number of hydrogen-bond acceptors (Lipinski definition) is 1. The number of pyridine rings is 1. The van der Waals surface area contributed by atoms with E-state index in [1.165, 1.54) is 16.5 Å². The van der Waals surface area contributed by atoms with E-state index in [2.05, 4.69) is 42.2 Å². The fraction of sp³-hybridized carbons (Fsp3) is 0.250. The Labute approximate surface area is 90.6 Å². The SMILES string of the molecule is CCCc1nccc2ccccc12.Cl. The molecule has 2 heteroatoms. The van der Waals surface area contributed by atoms with Gasteiger partial charge in [-0.15, -0.1) is 12.4 Å². The Morgan fingerprint density at radius 1 is 1.14 bits per heavy atom. The van der Waals surface area contributed by atoms with Crippen molar-refractivity contribution in [2.75, 3.05) is 0 Å². The Morgan fingerprint density at radius 2 is 1.93 bits per heavy atom. The van der Waals surface area contributed by atoms with Crippen molar-refractivity contribution < 1.29 is 0 Å². The fourth-order valence-corrected chi connectivity index (χ4v) is 1.62. The second-order valence-electron chi connectivity index (χ2n) is 3.23. The highest BCUT2D eigenvalue weighted by atomic mass is 35.5. The average molecular weight is 208 g/mol. The molecule has 0 fully saturated rings. The fourth-order valence-electron chi connectivity index (χ4n) is 1.62. The van der Waals surface area contributed by atoms with Crippen LogP contribution in [0.5, 0.6) is 0 Å². The van der Waals surface area contributed by atoms with E-state index >= 15 is 0 Å². The normalized spacial score (nSPS) is 9.79. The minimum absolute atomic E-state index is 0. The second-order valence-corrected chi connectivity index (χ2v) is 3.23. The Morgan fingerprint density at radius 3 is 2.71 bits per heavy atom. The van der Waals surface area contributed by atoms with Gasteiger partial charge in [0.05, 0.1) is 0 Å². The predicted octanol–water partition coefficient (Wildman–Crippen LogP) is 3.61. The van der Waals surface area contributed by atoms with Crippen molar-refractivity contribution in [3.63, 3.8) is 0 Å². The molecule has 0 aliphatic rings. The minimum Gasteiger partial charge on any atom is -0.261 e. The molecule has 1 nitrogen and oxygen atoms in total. The maximum atomic E-state index is 4.40. The van der Waals surface area contributed by atoms with Gasteiger partial charge in [0.15, 0.2) is 0 Å². The predicted molar refractivity (Wildman–Crippen MR) is 63.0 cm³/mol. The molecular weight excluding hydrogens is 194 g/mol. The Hall–Kier alpha value is -1.08. The Bertz CT molecular complexity index is 406. The molecule has 0 saturated carbocycles. The molecule has 2 rings (SSSR count). The van der Waals surface area contributed by atoms with Gasteiger partial charge in [-0.25, -0.2) is 0 Å². The summed E-state index contributed by atoms with van der Waals surface area (Å²) in [5.74, 6) is 0. The largest absolute Gasteiger partial charge is 0.261 e. The maximum absolute atomic E-state index is 4.40. The molecule has 1 heterocycles. The van der Waals surface area contributed by atoms with Crippen molar-refractivity contribution in [2.24, 2.45) is 0 Å². The number of hydrogen-bond donors (Lipinski definition) is 0. The zero-order chi connectivity index (χ0) is 9.10. The van der Waals surface area contributed by atoms with Gasteiger partial charge < -0.3 is 0 Å². The van der Waals surface area contributed by atoms with Crippen LogP contribution in [-0.4, -0.2) is 4.98 Å². The highest BCUT2D eigenvalue weighted by molar-refractivity contribution is 5.85. The summed E-state index contributed by atoms with van der Waals surface area (Å²) in [6, 6.07) is 10.5. The third-order valence-electron chi connectivity index (χ3n) is 2.24. The van der Waals surface area contributed by atoms with Gasteiger partial charge in [-0.05, 0) is 17.9 Å².